The van der Waals surface area contributed by atoms with Crippen molar-refractivity contribution in [3.05, 3.63) is 92.2 Å². The van der Waals surface area contributed by atoms with Crippen LogP contribution in [-0.4, -0.2) is 28.7 Å². The third-order valence-corrected chi connectivity index (χ3v) is 7.26. The summed E-state index contributed by atoms with van der Waals surface area (Å²) in [5.74, 6) is 0.0937. The summed E-state index contributed by atoms with van der Waals surface area (Å²) in [4.78, 5) is 13.2. The molecular formula is C28H29BrO4. The lowest BCUT2D eigenvalue weighted by atomic mass is 9.75. The molecule has 2 N–H and O–H groups in total. The molecule has 0 spiro atoms. The third kappa shape index (κ3) is 3.72. The van der Waals surface area contributed by atoms with Crippen molar-refractivity contribution in [1.82, 2.24) is 0 Å². The smallest absolute Gasteiger partial charge is 0.195 e. The molecular weight excluding hydrogens is 480 g/mol. The number of hydrogen-bond donors (Lipinski definition) is 2. The summed E-state index contributed by atoms with van der Waals surface area (Å²) in [5, 5.41) is 21.5. The second-order valence-corrected chi connectivity index (χ2v) is 10.1. The minimum Gasteiger partial charge on any atom is -0.476 e. The Labute approximate surface area is 203 Å². The van der Waals surface area contributed by atoms with Gasteiger partial charge >= 0.3 is 0 Å². The summed E-state index contributed by atoms with van der Waals surface area (Å²) in [7, 11) is 0. The van der Waals surface area contributed by atoms with Crippen molar-refractivity contribution >= 4 is 21.7 Å². The first-order chi connectivity index (χ1) is 15.6. The molecule has 1 aliphatic heterocycles. The van der Waals surface area contributed by atoms with Crippen molar-refractivity contribution < 1.29 is 19.7 Å². The minimum absolute atomic E-state index is 0.182. The lowest BCUT2D eigenvalue weighted by Gasteiger charge is -2.43. The molecule has 33 heavy (non-hydrogen) atoms. The fraction of sp³-hybridized carbons (Fsp3) is 0.321. The largest absolute Gasteiger partial charge is 0.476 e. The summed E-state index contributed by atoms with van der Waals surface area (Å²) in [6.07, 6.45) is -1.46. The highest BCUT2D eigenvalue weighted by molar-refractivity contribution is 9.10. The van der Waals surface area contributed by atoms with E-state index >= 15 is 0 Å². The average Bonchev–Trinajstić information content (AvgIpc) is 3.01. The number of aryl methyl sites for hydroxylation is 2. The molecule has 2 aliphatic carbocycles. The number of carbonyl (C=O) groups is 1. The van der Waals surface area contributed by atoms with E-state index in [1.165, 1.54) is 5.56 Å². The molecule has 2 unspecified atom stereocenters. The Kier molecular flexibility index (Phi) is 6.25. The van der Waals surface area contributed by atoms with Gasteiger partial charge in [0.2, 0.25) is 0 Å². The number of Topliss-reactive ketones (excluding diaryl/α,β-unsaturated/α-hetero) is 1. The Morgan fingerprint density at radius 2 is 1.70 bits per heavy atom. The molecule has 172 valence electrons. The number of halogens is 1. The van der Waals surface area contributed by atoms with Gasteiger partial charge in [-0.1, -0.05) is 66.2 Å². The molecule has 1 heterocycles. The highest BCUT2D eigenvalue weighted by atomic mass is 79.9. The van der Waals surface area contributed by atoms with Crippen molar-refractivity contribution in [3.63, 3.8) is 0 Å². The van der Waals surface area contributed by atoms with Gasteiger partial charge in [-0.25, -0.2) is 0 Å². The van der Waals surface area contributed by atoms with Gasteiger partial charge in [-0.15, -0.1) is 0 Å². The standard InChI is InChI=1S/C28H29BrO4/c1-15(2)19-6-11-22-16(3)13-23(25(22)17(4)12-19)28(20-7-9-21(29)10-8-20)27(32)26(31)18(5)24(14-30)33-28/h6-13,15,27,30,32H,14H2,1-5H3. The van der Waals surface area contributed by atoms with Crippen LogP contribution >= 0.6 is 15.9 Å². The number of hydrogen-bond acceptors (Lipinski definition) is 4. The van der Waals surface area contributed by atoms with E-state index in [1.807, 2.05) is 37.3 Å². The van der Waals surface area contributed by atoms with Gasteiger partial charge in [0, 0.05) is 21.2 Å². The van der Waals surface area contributed by atoms with E-state index in [4.69, 9.17) is 4.74 Å². The first-order valence-corrected chi connectivity index (χ1v) is 11.9. The second kappa shape index (κ2) is 8.71. The third-order valence-electron chi connectivity index (χ3n) is 6.73. The zero-order chi connectivity index (χ0) is 24.1. The van der Waals surface area contributed by atoms with E-state index in [9.17, 15) is 15.0 Å². The normalized spacial score (nSPS) is 21.1. The van der Waals surface area contributed by atoms with Gasteiger partial charge in [0.1, 0.15) is 12.4 Å². The predicted molar refractivity (Wildman–Crippen MR) is 133 cm³/mol. The number of aliphatic hydroxyl groups excluding tert-OH is 2. The van der Waals surface area contributed by atoms with Gasteiger partial charge in [0.05, 0.1) is 0 Å². The van der Waals surface area contributed by atoms with Crippen LogP contribution in [0.2, 0.25) is 0 Å². The molecule has 4 nitrogen and oxygen atoms in total. The van der Waals surface area contributed by atoms with Gasteiger partial charge in [-0.2, -0.15) is 0 Å². The molecule has 0 saturated heterocycles. The lowest BCUT2D eigenvalue weighted by molar-refractivity contribution is -0.146. The van der Waals surface area contributed by atoms with E-state index in [0.29, 0.717) is 11.5 Å². The fourth-order valence-electron chi connectivity index (χ4n) is 4.83. The number of rotatable bonds is 4. The molecule has 4 rings (SSSR count). The number of fused-ring (bicyclic) bond motifs is 1. The Morgan fingerprint density at radius 1 is 1.03 bits per heavy atom. The van der Waals surface area contributed by atoms with Gasteiger partial charge in [0.25, 0.3) is 0 Å². The number of carbonyl (C=O) groups excluding carboxylic acids is 1. The zero-order valence-electron chi connectivity index (χ0n) is 19.6. The molecule has 0 radical (unpaired) electrons. The van der Waals surface area contributed by atoms with Gasteiger partial charge in [-0.3, -0.25) is 4.79 Å². The van der Waals surface area contributed by atoms with Crippen molar-refractivity contribution in [2.45, 2.75) is 52.2 Å². The Bertz CT molecular complexity index is 1230. The number of ketones is 1. The Balaban J connectivity index is 2.11. The molecule has 0 aromatic heterocycles. The van der Waals surface area contributed by atoms with Crippen LogP contribution in [0.4, 0.5) is 0 Å². The monoisotopic (exact) mass is 508 g/mol. The SMILES string of the molecule is CC1=C(CO)OC(c2ccc(Br)cc2)(c2cc(C)c3ccc(C(C)C)cc(C)c2-3)C(O)C1=O. The maximum Gasteiger partial charge on any atom is 0.195 e. The fourth-order valence-corrected chi connectivity index (χ4v) is 5.09. The number of benzene rings is 1. The maximum absolute atomic E-state index is 13.2. The van der Waals surface area contributed by atoms with Crippen LogP contribution in [-0.2, 0) is 15.1 Å². The van der Waals surface area contributed by atoms with E-state index in [2.05, 4.69) is 54.9 Å². The Hall–Kier alpha value is -2.47. The highest BCUT2D eigenvalue weighted by Crippen LogP contribution is 2.50. The molecule has 0 saturated carbocycles. The molecule has 0 amide bonds. The molecule has 1 aromatic rings. The summed E-state index contributed by atoms with van der Waals surface area (Å²) in [6.45, 7) is 9.55. The van der Waals surface area contributed by atoms with Crippen LogP contribution < -0.4 is 0 Å². The lowest BCUT2D eigenvalue weighted by Crippen LogP contribution is -2.51. The quantitative estimate of drug-likeness (QED) is 0.469. The highest BCUT2D eigenvalue weighted by Gasteiger charge is 2.53. The van der Waals surface area contributed by atoms with Crippen LogP contribution in [0.3, 0.4) is 0 Å². The molecule has 3 aliphatic rings. The van der Waals surface area contributed by atoms with Crippen molar-refractivity contribution in [3.8, 4) is 11.1 Å². The molecule has 1 aromatic carbocycles. The van der Waals surface area contributed by atoms with Gasteiger partial charge < -0.3 is 14.9 Å². The van der Waals surface area contributed by atoms with E-state index in [-0.39, 0.29) is 11.3 Å². The van der Waals surface area contributed by atoms with Crippen molar-refractivity contribution in [1.29, 1.82) is 0 Å². The van der Waals surface area contributed by atoms with E-state index < -0.39 is 24.1 Å². The summed E-state index contributed by atoms with van der Waals surface area (Å²) < 4.78 is 7.33. The number of aliphatic hydroxyl groups is 2. The van der Waals surface area contributed by atoms with Crippen LogP contribution in [0, 0.1) is 13.8 Å². The van der Waals surface area contributed by atoms with Crippen LogP contribution in [0.15, 0.2) is 64.3 Å². The maximum atomic E-state index is 13.2. The van der Waals surface area contributed by atoms with Gasteiger partial charge in [0.15, 0.2) is 17.5 Å². The summed E-state index contributed by atoms with van der Waals surface area (Å²) >= 11 is 3.47. The van der Waals surface area contributed by atoms with E-state index in [1.54, 1.807) is 6.92 Å². The van der Waals surface area contributed by atoms with Crippen molar-refractivity contribution in [2.75, 3.05) is 6.61 Å². The molecule has 5 heteroatoms. The molecule has 2 atom stereocenters. The number of ether oxygens (including phenoxy) is 1. The Morgan fingerprint density at radius 3 is 2.30 bits per heavy atom. The van der Waals surface area contributed by atoms with Gasteiger partial charge in [-0.05, 0) is 66.6 Å². The van der Waals surface area contributed by atoms with Crippen LogP contribution in [0.5, 0.6) is 0 Å². The van der Waals surface area contributed by atoms with Crippen molar-refractivity contribution in [2.24, 2.45) is 0 Å². The summed E-state index contributed by atoms with van der Waals surface area (Å²) in [5.41, 5.74) is 5.40. The van der Waals surface area contributed by atoms with Crippen LogP contribution in [0.1, 0.15) is 54.5 Å². The summed E-state index contributed by atoms with van der Waals surface area (Å²) in [6, 6.07) is 15.8. The average molecular weight is 509 g/mol. The first-order valence-electron chi connectivity index (χ1n) is 11.1. The second-order valence-electron chi connectivity index (χ2n) is 9.16. The topological polar surface area (TPSA) is 66.8 Å². The minimum atomic E-state index is -1.49. The van der Waals surface area contributed by atoms with Crippen LogP contribution in [0.25, 0.3) is 11.1 Å². The first kappa shape index (κ1) is 23.7. The molecule has 0 bridgehead atoms. The zero-order valence-corrected chi connectivity index (χ0v) is 21.2. The predicted octanol–water partition coefficient (Wildman–Crippen LogP) is 5.76. The molecule has 0 fully saturated rings. The van der Waals surface area contributed by atoms with E-state index in [0.717, 1.165) is 32.3 Å².